The van der Waals surface area contributed by atoms with Crippen molar-refractivity contribution >= 4 is 36.2 Å². The van der Waals surface area contributed by atoms with Gasteiger partial charge >= 0.3 is 36.2 Å². The van der Waals surface area contributed by atoms with E-state index < -0.39 is 48.4 Å². The first-order valence-electron chi connectivity index (χ1n) is 20.8. The van der Waals surface area contributed by atoms with Gasteiger partial charge in [0.25, 0.3) is 0 Å². The van der Waals surface area contributed by atoms with Crippen LogP contribution in [0.25, 0.3) is 0 Å². The number of rotatable bonds is 37. The zero-order chi connectivity index (χ0) is 41.8. The zero-order valence-corrected chi connectivity index (χ0v) is 34.6. The molecule has 0 aromatic heterocycles. The summed E-state index contributed by atoms with van der Waals surface area (Å²) in [4.78, 5) is 76.1. The van der Waals surface area contributed by atoms with E-state index in [0.717, 1.165) is 77.3 Å². The van der Waals surface area contributed by atoms with Gasteiger partial charge in [-0.2, -0.15) is 0 Å². The smallest absolute Gasteiger partial charge is 0.481 e. The molecule has 16 nitrogen and oxygen atoms in total. The summed E-state index contributed by atoms with van der Waals surface area (Å²) >= 11 is 0. The molecule has 0 bridgehead atoms. The largest absolute Gasteiger partial charge is 0.508 e. The fourth-order valence-electron chi connectivity index (χ4n) is 5.59. The van der Waals surface area contributed by atoms with Crippen molar-refractivity contribution in [2.24, 2.45) is 0 Å². The van der Waals surface area contributed by atoms with Gasteiger partial charge in [-0.05, 0) is 51.6 Å². The van der Waals surface area contributed by atoms with Gasteiger partial charge in [0.1, 0.15) is 25.4 Å². The molecule has 0 spiro atoms. The maximum atomic E-state index is 12.6. The predicted molar refractivity (Wildman–Crippen MR) is 208 cm³/mol. The van der Waals surface area contributed by atoms with Crippen LogP contribution in [0.5, 0.6) is 0 Å². The Labute approximate surface area is 334 Å². The molecule has 2 atom stereocenters. The maximum absolute atomic E-state index is 12.6. The lowest BCUT2D eigenvalue weighted by molar-refractivity contribution is -0.145. The van der Waals surface area contributed by atoms with E-state index in [4.69, 9.17) is 38.6 Å². The average Bonchev–Trinajstić information content (AvgIpc) is 3.16. The minimum atomic E-state index is -1.06. The number of carbonyl (C=O) groups excluding carboxylic acids is 4. The summed E-state index contributed by atoms with van der Waals surface area (Å²) in [5.41, 5.74) is 0. The molecule has 2 unspecified atom stereocenters. The maximum Gasteiger partial charge on any atom is 0.508 e. The Bertz CT molecular complexity index is 998. The van der Waals surface area contributed by atoms with Crippen molar-refractivity contribution < 1.29 is 67.4 Å². The second-order valence-corrected chi connectivity index (χ2v) is 13.8. The topological polar surface area (TPSA) is 205 Å². The van der Waals surface area contributed by atoms with Crippen molar-refractivity contribution in [3.63, 3.8) is 0 Å². The fraction of sp³-hybridized carbons (Fsp3) is 0.850. The number of hydrogen-bond donors (Lipinski definition) is 2. The van der Waals surface area contributed by atoms with Gasteiger partial charge in [-0.3, -0.25) is 24.1 Å². The third kappa shape index (κ3) is 32.6. The second-order valence-electron chi connectivity index (χ2n) is 13.8. The number of aliphatic carboxylic acids is 2. The number of carboxylic acids is 2. The molecule has 0 fully saturated rings. The molecule has 0 aromatic carbocycles. The monoisotopic (exact) mass is 804 g/mol. The lowest BCUT2D eigenvalue weighted by atomic mass is 10.1. The minimum absolute atomic E-state index is 0.0125. The quantitative estimate of drug-likeness (QED) is 0.0369. The van der Waals surface area contributed by atoms with E-state index in [1.165, 1.54) is 0 Å². The average molecular weight is 805 g/mol. The van der Waals surface area contributed by atoms with E-state index in [9.17, 15) is 28.8 Å². The first kappa shape index (κ1) is 52.3. The van der Waals surface area contributed by atoms with Crippen molar-refractivity contribution in [1.82, 2.24) is 9.80 Å². The summed E-state index contributed by atoms with van der Waals surface area (Å²) < 4.78 is 31.9. The minimum Gasteiger partial charge on any atom is -0.481 e. The van der Waals surface area contributed by atoms with Crippen molar-refractivity contribution in [1.29, 1.82) is 0 Å². The molecule has 2 N–H and O–H groups in total. The number of nitrogens with zero attached hydrogens (tertiary/aromatic N) is 2. The Hall–Kier alpha value is -3.66. The third-order valence-electron chi connectivity index (χ3n) is 9.13. The predicted octanol–water partition coefficient (Wildman–Crippen LogP) is 6.99. The van der Waals surface area contributed by atoms with Gasteiger partial charge in [0, 0.05) is 51.9 Å². The molecule has 0 radical (unpaired) electrons. The van der Waals surface area contributed by atoms with Crippen LogP contribution in [0, 0.1) is 0 Å². The van der Waals surface area contributed by atoms with Crippen molar-refractivity contribution in [2.45, 2.75) is 155 Å². The van der Waals surface area contributed by atoms with Gasteiger partial charge in [-0.25, -0.2) is 9.59 Å². The van der Waals surface area contributed by atoms with Crippen LogP contribution < -0.4 is 0 Å². The molecule has 56 heavy (non-hydrogen) atoms. The summed E-state index contributed by atoms with van der Waals surface area (Å²) in [7, 11) is 0. The molecular weight excluding hydrogens is 732 g/mol. The van der Waals surface area contributed by atoms with Crippen LogP contribution in [-0.2, 0) is 47.6 Å². The fourth-order valence-corrected chi connectivity index (χ4v) is 5.59. The van der Waals surface area contributed by atoms with Crippen molar-refractivity contribution in [3.8, 4) is 0 Å². The summed E-state index contributed by atoms with van der Waals surface area (Å²) in [6.07, 6.45) is 6.13. The van der Waals surface area contributed by atoms with E-state index in [-0.39, 0.29) is 77.7 Å². The Morgan fingerprint density at radius 3 is 1.20 bits per heavy atom. The molecule has 0 aliphatic heterocycles. The molecule has 0 saturated heterocycles. The van der Waals surface area contributed by atoms with Crippen LogP contribution in [0.3, 0.4) is 0 Å². The molecule has 0 rings (SSSR count). The highest BCUT2D eigenvalue weighted by molar-refractivity contribution is 5.70. The third-order valence-corrected chi connectivity index (χ3v) is 9.13. The number of ether oxygens (including phenoxy) is 6. The first-order valence-corrected chi connectivity index (χ1v) is 20.8. The lowest BCUT2D eigenvalue weighted by Gasteiger charge is -2.26. The van der Waals surface area contributed by atoms with Crippen molar-refractivity contribution in [2.75, 3.05) is 65.7 Å². The molecule has 0 aliphatic carbocycles. The second kappa shape index (κ2) is 35.7. The molecule has 16 heteroatoms. The lowest BCUT2D eigenvalue weighted by Crippen LogP contribution is -2.39. The van der Waals surface area contributed by atoms with Gasteiger partial charge in [-0.1, -0.05) is 79.1 Å². The van der Waals surface area contributed by atoms with E-state index in [2.05, 4.69) is 18.7 Å². The van der Waals surface area contributed by atoms with Crippen LogP contribution in [0.4, 0.5) is 9.59 Å². The molecule has 0 heterocycles. The standard InChI is InChI=1S/C40H72N2O14/c1-5-9-11-13-15-29-51-37(47)23-19-33(17-21-35(43)44)55-39(49)53-31-27-42(26-25-41(7-3)8-4)28-32-54-40(50)56-34(18-22-36(45)46)20-24-38(48)52-30-16-14-12-10-6-2/h33-34H,5-32H2,1-4H3,(H,43,44)(H,45,46). The highest BCUT2D eigenvalue weighted by atomic mass is 16.7. The number of unbranched alkanes of at least 4 members (excludes halogenated alkanes) is 8. The molecule has 326 valence electrons. The molecule has 0 aromatic rings. The van der Waals surface area contributed by atoms with Crippen LogP contribution in [0.2, 0.25) is 0 Å². The van der Waals surface area contributed by atoms with Gasteiger partial charge in [-0.15, -0.1) is 0 Å². The Balaban J connectivity index is 5.01. The number of hydrogen-bond acceptors (Lipinski definition) is 14. The molecule has 0 amide bonds. The van der Waals surface area contributed by atoms with Crippen LogP contribution in [0.1, 0.15) is 143 Å². The summed E-state index contributed by atoms with van der Waals surface area (Å²) in [5.74, 6) is -2.99. The van der Waals surface area contributed by atoms with Crippen LogP contribution in [0.15, 0.2) is 0 Å². The van der Waals surface area contributed by atoms with Crippen molar-refractivity contribution in [3.05, 3.63) is 0 Å². The summed E-state index contributed by atoms with van der Waals surface area (Å²) in [6.45, 7) is 12.2. The highest BCUT2D eigenvalue weighted by Gasteiger charge is 2.21. The number of carbonyl (C=O) groups is 6. The Kier molecular flexibility index (Phi) is 33.4. The number of likely N-dealkylation sites (N-methyl/N-ethyl adjacent to an activating group) is 1. The van der Waals surface area contributed by atoms with E-state index >= 15 is 0 Å². The normalized spacial score (nSPS) is 12.2. The van der Waals surface area contributed by atoms with E-state index in [1.54, 1.807) is 0 Å². The highest BCUT2D eigenvalue weighted by Crippen LogP contribution is 2.14. The molecule has 0 aliphatic rings. The van der Waals surface area contributed by atoms with Gasteiger partial charge in [0.05, 0.1) is 13.2 Å². The van der Waals surface area contributed by atoms with Gasteiger partial charge in [0.15, 0.2) is 0 Å². The van der Waals surface area contributed by atoms with Gasteiger partial charge in [0.2, 0.25) is 0 Å². The Morgan fingerprint density at radius 2 is 0.821 bits per heavy atom. The number of carboxylic acid groups (broad SMARTS) is 2. The van der Waals surface area contributed by atoms with Crippen LogP contribution >= 0.6 is 0 Å². The van der Waals surface area contributed by atoms with Crippen LogP contribution in [-0.4, -0.2) is 134 Å². The first-order chi connectivity index (χ1) is 26.9. The number of esters is 2. The van der Waals surface area contributed by atoms with E-state index in [1.807, 2.05) is 18.7 Å². The summed E-state index contributed by atoms with van der Waals surface area (Å²) in [6, 6.07) is 0. The molecule has 0 saturated carbocycles. The van der Waals surface area contributed by atoms with E-state index in [0.29, 0.717) is 26.3 Å². The molecular formula is C40H72N2O14. The summed E-state index contributed by atoms with van der Waals surface area (Å²) in [5, 5.41) is 18.3. The Morgan fingerprint density at radius 1 is 0.446 bits per heavy atom. The SMILES string of the molecule is CCCCCCCOC(=O)CCC(CCC(=O)O)OC(=O)OCCN(CCOC(=O)OC(CCC(=O)O)CCC(=O)OCCCCCCC)CCN(CC)CC. The zero-order valence-electron chi connectivity index (χ0n) is 34.6. The van der Waals surface area contributed by atoms with Gasteiger partial charge < -0.3 is 43.5 Å².